The lowest BCUT2D eigenvalue weighted by atomic mass is 10.1. The number of carbonyl (C=O) groups is 1. The lowest BCUT2D eigenvalue weighted by Gasteiger charge is -2.16. The smallest absolute Gasteiger partial charge is 0.336 e. The third kappa shape index (κ3) is 5.54. The largest absolute Gasteiger partial charge is 0.478 e. The molecule has 0 bridgehead atoms. The van der Waals surface area contributed by atoms with Crippen LogP contribution in [0.3, 0.4) is 0 Å². The number of carboxylic acid groups (broad SMARTS) is 1. The van der Waals surface area contributed by atoms with Gasteiger partial charge < -0.3 is 14.6 Å². The topological polar surface area (TPSA) is 73.6 Å². The summed E-state index contributed by atoms with van der Waals surface area (Å²) < 4.78 is 14.6. The molecule has 0 spiro atoms. The number of hydrogen-bond acceptors (Lipinski definition) is 4. The van der Waals surface area contributed by atoms with Gasteiger partial charge in [-0.3, -0.25) is 4.57 Å². The molecule has 2 aromatic carbocycles. The minimum Gasteiger partial charge on any atom is -0.478 e. The van der Waals surface area contributed by atoms with Crippen LogP contribution in [-0.2, 0) is 11.5 Å². The number of ether oxygens (including phenoxy) is 2. The second-order valence-corrected chi connectivity index (χ2v) is 15.5. The molecule has 9 heteroatoms. The van der Waals surface area contributed by atoms with Crippen LogP contribution in [0.4, 0.5) is 0 Å². The zero-order valence-electron chi connectivity index (χ0n) is 17.3. The summed E-state index contributed by atoms with van der Waals surface area (Å²) in [7, 11) is -1.21. The highest BCUT2D eigenvalue weighted by Gasteiger charge is 2.18. The molecule has 0 amide bonds. The van der Waals surface area contributed by atoms with E-state index in [0.29, 0.717) is 29.0 Å². The predicted octanol–water partition coefficient (Wildman–Crippen LogP) is 6.41. The Balaban J connectivity index is 1.94. The fourth-order valence-corrected chi connectivity index (χ4v) is 4.20. The Morgan fingerprint density at radius 3 is 2.67 bits per heavy atom. The zero-order valence-corrected chi connectivity index (χ0v) is 21.2. The van der Waals surface area contributed by atoms with Gasteiger partial charge in [-0.1, -0.05) is 37.3 Å². The second-order valence-electron chi connectivity index (χ2n) is 8.31. The van der Waals surface area contributed by atoms with Crippen molar-refractivity contribution in [1.29, 1.82) is 0 Å². The fourth-order valence-electron chi connectivity index (χ4n) is 2.84. The number of aromatic carboxylic acids is 1. The van der Waals surface area contributed by atoms with Crippen molar-refractivity contribution in [2.75, 3.05) is 6.61 Å². The maximum absolute atomic E-state index is 11.5. The van der Waals surface area contributed by atoms with Crippen LogP contribution in [0.5, 0.6) is 11.8 Å². The van der Waals surface area contributed by atoms with Gasteiger partial charge in [-0.25, -0.2) is 4.79 Å². The molecule has 0 radical (unpaired) electrons. The van der Waals surface area contributed by atoms with Gasteiger partial charge in [0, 0.05) is 18.3 Å². The van der Waals surface area contributed by atoms with Crippen LogP contribution in [0.15, 0.2) is 30.3 Å². The molecule has 0 fully saturated rings. The highest BCUT2D eigenvalue weighted by molar-refractivity contribution is 14.1. The van der Waals surface area contributed by atoms with E-state index in [1.54, 1.807) is 19.1 Å². The first kappa shape index (κ1) is 23.0. The normalized spacial score (nSPS) is 11.8. The Hall–Kier alpha value is -1.62. The second kappa shape index (κ2) is 9.25. The van der Waals surface area contributed by atoms with E-state index in [0.717, 1.165) is 20.6 Å². The van der Waals surface area contributed by atoms with E-state index in [-0.39, 0.29) is 12.3 Å². The van der Waals surface area contributed by atoms with Crippen LogP contribution < -0.4 is 4.74 Å². The molecular formula is C21H24ClIN2O4Si. The van der Waals surface area contributed by atoms with E-state index in [1.807, 2.05) is 16.7 Å². The van der Waals surface area contributed by atoms with Gasteiger partial charge in [-0.2, -0.15) is 4.98 Å². The van der Waals surface area contributed by atoms with Crippen LogP contribution in [0.2, 0.25) is 30.7 Å². The number of rotatable bonds is 8. The van der Waals surface area contributed by atoms with Crippen molar-refractivity contribution in [3.05, 3.63) is 50.1 Å². The van der Waals surface area contributed by atoms with Crippen molar-refractivity contribution >= 4 is 59.3 Å². The van der Waals surface area contributed by atoms with Gasteiger partial charge in [0.15, 0.2) is 0 Å². The molecule has 0 aliphatic carbocycles. The van der Waals surface area contributed by atoms with E-state index < -0.39 is 14.0 Å². The maximum atomic E-state index is 11.5. The summed E-state index contributed by atoms with van der Waals surface area (Å²) in [5.74, 6) is -0.597. The molecule has 1 aromatic heterocycles. The molecule has 1 heterocycles. The number of nitrogens with zero attached hydrogens (tertiary/aromatic N) is 2. The Labute approximate surface area is 195 Å². The zero-order chi connectivity index (χ0) is 22.1. The summed E-state index contributed by atoms with van der Waals surface area (Å²) in [5.41, 5.74) is 2.39. The summed E-state index contributed by atoms with van der Waals surface area (Å²) in [4.78, 5) is 16.0. The van der Waals surface area contributed by atoms with E-state index in [4.69, 9.17) is 21.1 Å². The summed E-state index contributed by atoms with van der Waals surface area (Å²) >= 11 is 8.49. The lowest BCUT2D eigenvalue weighted by molar-refractivity contribution is 0.0695. The van der Waals surface area contributed by atoms with Gasteiger partial charge in [-0.15, -0.1) is 0 Å². The monoisotopic (exact) mass is 558 g/mol. The van der Waals surface area contributed by atoms with Gasteiger partial charge in [0.1, 0.15) is 12.5 Å². The molecule has 0 aliphatic heterocycles. The number of aryl methyl sites for hydroxylation is 1. The third-order valence-electron chi connectivity index (χ3n) is 4.62. The highest BCUT2D eigenvalue weighted by Crippen LogP contribution is 2.31. The van der Waals surface area contributed by atoms with Gasteiger partial charge in [0.05, 0.1) is 21.6 Å². The molecular weight excluding hydrogens is 535 g/mol. The predicted molar refractivity (Wildman–Crippen MR) is 130 cm³/mol. The Bertz CT molecular complexity index is 1090. The summed E-state index contributed by atoms with van der Waals surface area (Å²) in [6.45, 7) is 9.58. The highest BCUT2D eigenvalue weighted by atomic mass is 127. The minimum absolute atomic E-state index is 0.194. The van der Waals surface area contributed by atoms with Crippen molar-refractivity contribution in [2.24, 2.45) is 0 Å². The summed E-state index contributed by atoms with van der Waals surface area (Å²) in [5, 5.41) is 10.0. The Kier molecular flexibility index (Phi) is 7.11. The first-order chi connectivity index (χ1) is 14.0. The molecule has 30 heavy (non-hydrogen) atoms. The van der Waals surface area contributed by atoms with Gasteiger partial charge in [-0.05, 0) is 65.4 Å². The summed E-state index contributed by atoms with van der Waals surface area (Å²) in [6.07, 6.45) is 0. The quantitative estimate of drug-likeness (QED) is 0.197. The Morgan fingerprint density at radius 1 is 1.27 bits per heavy atom. The molecule has 0 saturated heterocycles. The number of benzene rings is 2. The average molecular weight is 559 g/mol. The maximum Gasteiger partial charge on any atom is 0.336 e. The van der Waals surface area contributed by atoms with Crippen molar-refractivity contribution < 1.29 is 19.4 Å². The molecule has 160 valence electrons. The van der Waals surface area contributed by atoms with Crippen molar-refractivity contribution in [1.82, 2.24) is 9.55 Å². The minimum atomic E-state index is -1.21. The average Bonchev–Trinajstić information content (AvgIpc) is 2.96. The fraction of sp³-hybridized carbons (Fsp3) is 0.333. The van der Waals surface area contributed by atoms with E-state index in [1.165, 1.54) is 6.07 Å². The number of aromatic nitrogens is 2. The molecule has 6 nitrogen and oxygen atoms in total. The van der Waals surface area contributed by atoms with Crippen molar-refractivity contribution in [3.8, 4) is 11.8 Å². The van der Waals surface area contributed by atoms with E-state index in [2.05, 4.69) is 47.2 Å². The standard InChI is InChI=1S/C21H24ClIN2O4Si/c1-13-5-6-14(9-15(13)20(26)27)29-21-24-18-11-17(23)16(22)10-19(18)25(21)12-28-7-8-30(2,3)4/h5-6,9-11H,7-8,12H2,1-4H3,(H,26,27). The van der Waals surface area contributed by atoms with Gasteiger partial charge >= 0.3 is 12.0 Å². The first-order valence-electron chi connectivity index (χ1n) is 9.50. The molecule has 0 saturated carbocycles. The van der Waals surface area contributed by atoms with Crippen molar-refractivity contribution in [2.45, 2.75) is 39.3 Å². The molecule has 1 N–H and O–H groups in total. The van der Waals surface area contributed by atoms with Crippen LogP contribution in [0.1, 0.15) is 15.9 Å². The van der Waals surface area contributed by atoms with Gasteiger partial charge in [0.2, 0.25) is 0 Å². The van der Waals surface area contributed by atoms with E-state index >= 15 is 0 Å². The number of hydrogen-bond donors (Lipinski definition) is 1. The van der Waals surface area contributed by atoms with Crippen LogP contribution in [0.25, 0.3) is 11.0 Å². The van der Waals surface area contributed by atoms with E-state index in [9.17, 15) is 9.90 Å². The molecule has 0 aliphatic rings. The number of imidazole rings is 1. The van der Waals surface area contributed by atoms with Crippen molar-refractivity contribution in [3.63, 3.8) is 0 Å². The van der Waals surface area contributed by atoms with Crippen LogP contribution in [-0.4, -0.2) is 35.3 Å². The van der Waals surface area contributed by atoms with Gasteiger partial charge in [0.25, 0.3) is 0 Å². The number of halogens is 2. The van der Waals surface area contributed by atoms with Crippen LogP contribution in [0, 0.1) is 10.5 Å². The molecule has 3 rings (SSSR count). The number of carboxylic acids is 1. The molecule has 0 unspecified atom stereocenters. The lowest BCUT2D eigenvalue weighted by Crippen LogP contribution is -2.22. The Morgan fingerprint density at radius 2 is 2.00 bits per heavy atom. The molecule has 0 atom stereocenters. The summed E-state index contributed by atoms with van der Waals surface area (Å²) in [6, 6.07) is 10.1. The first-order valence-corrected chi connectivity index (χ1v) is 14.7. The third-order valence-corrected chi connectivity index (χ3v) is 7.85. The number of fused-ring (bicyclic) bond motifs is 1. The molecule has 3 aromatic rings. The SMILES string of the molecule is Cc1ccc(Oc2nc3cc(I)c(Cl)cc3n2COCC[Si](C)(C)C)cc1C(=O)O. The van der Waals surface area contributed by atoms with Crippen LogP contribution >= 0.6 is 34.2 Å².